The molecule has 1 saturated heterocycles. The van der Waals surface area contributed by atoms with Crippen molar-refractivity contribution in [2.24, 2.45) is 5.92 Å². The molecule has 3 heteroatoms. The van der Waals surface area contributed by atoms with Gasteiger partial charge in [0.1, 0.15) is 0 Å². The van der Waals surface area contributed by atoms with Crippen LogP contribution in [0.5, 0.6) is 0 Å². The van der Waals surface area contributed by atoms with Gasteiger partial charge in [-0.25, -0.2) is 0 Å². The number of rotatable bonds is 4. The fraction of sp³-hybridized carbons (Fsp3) is 0.917. The summed E-state index contributed by atoms with van der Waals surface area (Å²) in [6.45, 7) is 6.26. The predicted molar refractivity (Wildman–Crippen MR) is 62.7 cm³/mol. The molecule has 0 aromatic rings. The molecule has 0 aromatic carbocycles. The van der Waals surface area contributed by atoms with Crippen molar-refractivity contribution in [3.63, 3.8) is 0 Å². The lowest BCUT2D eigenvalue weighted by Crippen LogP contribution is -2.47. The first-order chi connectivity index (χ1) is 7.11. The van der Waals surface area contributed by atoms with E-state index in [9.17, 15) is 4.79 Å². The normalized spacial score (nSPS) is 21.7. The van der Waals surface area contributed by atoms with Crippen LogP contribution in [0.25, 0.3) is 0 Å². The Morgan fingerprint density at radius 1 is 1.47 bits per heavy atom. The number of carbonyl (C=O) groups is 1. The minimum atomic E-state index is 0.0795. The first-order valence-corrected chi connectivity index (χ1v) is 6.09. The molecule has 0 aromatic heterocycles. The fourth-order valence-corrected chi connectivity index (χ4v) is 1.89. The molecule has 1 aliphatic rings. The van der Waals surface area contributed by atoms with Crippen LogP contribution in [-0.4, -0.2) is 37.0 Å². The lowest BCUT2D eigenvalue weighted by molar-refractivity contribution is -0.132. The number of nitrogens with one attached hydrogen (secondary N) is 1. The van der Waals surface area contributed by atoms with E-state index in [-0.39, 0.29) is 11.9 Å². The highest BCUT2D eigenvalue weighted by atomic mass is 16.2. The predicted octanol–water partition coefficient (Wildman–Crippen LogP) is 1.63. The van der Waals surface area contributed by atoms with Gasteiger partial charge in [-0.15, -0.1) is 0 Å². The number of piperidine rings is 1. The highest BCUT2D eigenvalue weighted by molar-refractivity contribution is 5.81. The van der Waals surface area contributed by atoms with E-state index in [2.05, 4.69) is 19.2 Å². The van der Waals surface area contributed by atoms with E-state index in [1.807, 2.05) is 11.9 Å². The Hall–Kier alpha value is -0.570. The van der Waals surface area contributed by atoms with Crippen molar-refractivity contribution < 1.29 is 4.79 Å². The van der Waals surface area contributed by atoms with Crippen LogP contribution in [0.2, 0.25) is 0 Å². The van der Waals surface area contributed by atoms with Gasteiger partial charge in [0.2, 0.25) is 5.91 Å². The Balaban J connectivity index is 2.30. The van der Waals surface area contributed by atoms with Crippen LogP contribution in [0.4, 0.5) is 0 Å². The summed E-state index contributed by atoms with van der Waals surface area (Å²) >= 11 is 0. The van der Waals surface area contributed by atoms with Crippen LogP contribution in [0, 0.1) is 5.92 Å². The number of hydrogen-bond acceptors (Lipinski definition) is 2. The first kappa shape index (κ1) is 12.5. The van der Waals surface area contributed by atoms with Gasteiger partial charge in [-0.05, 0) is 31.7 Å². The van der Waals surface area contributed by atoms with E-state index in [1.54, 1.807) is 0 Å². The third-order valence-electron chi connectivity index (χ3n) is 3.03. The van der Waals surface area contributed by atoms with Gasteiger partial charge in [-0.2, -0.15) is 0 Å². The number of carbonyl (C=O) groups excluding carboxylic acids is 1. The summed E-state index contributed by atoms with van der Waals surface area (Å²) in [5.74, 6) is 0.940. The average molecular weight is 212 g/mol. The maximum absolute atomic E-state index is 12.0. The molecule has 1 rings (SSSR count). The van der Waals surface area contributed by atoms with Crippen LogP contribution in [-0.2, 0) is 4.79 Å². The minimum absolute atomic E-state index is 0.0795. The lowest BCUT2D eigenvalue weighted by atomic mass is 10.0. The van der Waals surface area contributed by atoms with E-state index in [0.29, 0.717) is 5.92 Å². The highest BCUT2D eigenvalue weighted by Crippen LogP contribution is 2.10. The second-order valence-electron chi connectivity index (χ2n) is 4.94. The van der Waals surface area contributed by atoms with Crippen molar-refractivity contribution in [2.75, 3.05) is 20.1 Å². The maximum Gasteiger partial charge on any atom is 0.239 e. The van der Waals surface area contributed by atoms with Gasteiger partial charge in [-0.3, -0.25) is 4.79 Å². The molecule has 0 saturated carbocycles. The van der Waals surface area contributed by atoms with E-state index in [4.69, 9.17) is 0 Å². The van der Waals surface area contributed by atoms with E-state index < -0.39 is 0 Å². The molecule has 1 unspecified atom stereocenters. The lowest BCUT2D eigenvalue weighted by Gasteiger charge is -2.27. The van der Waals surface area contributed by atoms with E-state index in [1.165, 1.54) is 12.8 Å². The van der Waals surface area contributed by atoms with Crippen molar-refractivity contribution in [3.05, 3.63) is 0 Å². The summed E-state index contributed by atoms with van der Waals surface area (Å²) < 4.78 is 0. The smallest absolute Gasteiger partial charge is 0.239 e. The molecule has 15 heavy (non-hydrogen) atoms. The molecule has 1 fully saturated rings. The molecule has 0 aliphatic carbocycles. The van der Waals surface area contributed by atoms with Crippen LogP contribution in [0.3, 0.4) is 0 Å². The molecule has 1 aliphatic heterocycles. The number of amides is 1. The van der Waals surface area contributed by atoms with Crippen molar-refractivity contribution in [1.29, 1.82) is 0 Å². The summed E-state index contributed by atoms with van der Waals surface area (Å²) in [6, 6.07) is 0.0795. The largest absolute Gasteiger partial charge is 0.344 e. The molecule has 1 N–H and O–H groups in total. The van der Waals surface area contributed by atoms with Gasteiger partial charge in [0.05, 0.1) is 6.04 Å². The van der Waals surface area contributed by atoms with E-state index >= 15 is 0 Å². The van der Waals surface area contributed by atoms with Crippen LogP contribution >= 0.6 is 0 Å². The second kappa shape index (κ2) is 6.11. The molecule has 1 amide bonds. The van der Waals surface area contributed by atoms with E-state index in [0.717, 1.165) is 25.9 Å². The second-order valence-corrected chi connectivity index (χ2v) is 4.94. The molecule has 1 heterocycles. The Bertz CT molecular complexity index is 198. The maximum atomic E-state index is 12.0. The third kappa shape index (κ3) is 4.20. The zero-order valence-corrected chi connectivity index (χ0v) is 10.3. The zero-order valence-electron chi connectivity index (χ0n) is 10.3. The SMILES string of the molecule is CC(C)CCN(C)C(=O)C1CCCCN1. The molecule has 0 spiro atoms. The molecule has 0 bridgehead atoms. The summed E-state index contributed by atoms with van der Waals surface area (Å²) in [4.78, 5) is 13.9. The molecule has 3 nitrogen and oxygen atoms in total. The summed E-state index contributed by atoms with van der Waals surface area (Å²) in [7, 11) is 1.92. The summed E-state index contributed by atoms with van der Waals surface area (Å²) in [5.41, 5.74) is 0. The topological polar surface area (TPSA) is 32.3 Å². The standard InChI is InChI=1S/C12H24N2O/c1-10(2)7-9-14(3)12(15)11-6-4-5-8-13-11/h10-11,13H,4-9H2,1-3H3. The van der Waals surface area contributed by atoms with Gasteiger partial charge < -0.3 is 10.2 Å². The highest BCUT2D eigenvalue weighted by Gasteiger charge is 2.23. The molecule has 0 radical (unpaired) electrons. The van der Waals surface area contributed by atoms with Crippen molar-refractivity contribution >= 4 is 5.91 Å². The molecule has 88 valence electrons. The van der Waals surface area contributed by atoms with Crippen molar-refractivity contribution in [3.8, 4) is 0 Å². The summed E-state index contributed by atoms with van der Waals surface area (Å²) in [6.07, 6.45) is 4.49. The van der Waals surface area contributed by atoms with Crippen LogP contribution < -0.4 is 5.32 Å². The Morgan fingerprint density at radius 2 is 2.20 bits per heavy atom. The number of hydrogen-bond donors (Lipinski definition) is 1. The van der Waals surface area contributed by atoms with Gasteiger partial charge in [0, 0.05) is 13.6 Å². The Morgan fingerprint density at radius 3 is 2.73 bits per heavy atom. The molecular weight excluding hydrogens is 188 g/mol. The first-order valence-electron chi connectivity index (χ1n) is 6.09. The third-order valence-corrected chi connectivity index (χ3v) is 3.03. The van der Waals surface area contributed by atoms with Gasteiger partial charge in [-0.1, -0.05) is 20.3 Å². The summed E-state index contributed by atoms with van der Waals surface area (Å²) in [5, 5.41) is 3.30. The van der Waals surface area contributed by atoms with Crippen molar-refractivity contribution in [2.45, 2.75) is 45.6 Å². The van der Waals surface area contributed by atoms with Crippen molar-refractivity contribution in [1.82, 2.24) is 10.2 Å². The molecule has 1 atom stereocenters. The van der Waals surface area contributed by atoms with Crippen LogP contribution in [0.15, 0.2) is 0 Å². The quantitative estimate of drug-likeness (QED) is 0.768. The Kier molecular flexibility index (Phi) is 5.09. The zero-order chi connectivity index (χ0) is 11.3. The number of nitrogens with zero attached hydrogens (tertiary/aromatic N) is 1. The number of likely N-dealkylation sites (N-methyl/N-ethyl adjacent to an activating group) is 1. The van der Waals surface area contributed by atoms with Gasteiger partial charge in [0.25, 0.3) is 0 Å². The molecular formula is C12H24N2O. The van der Waals surface area contributed by atoms with Gasteiger partial charge >= 0.3 is 0 Å². The fourth-order valence-electron chi connectivity index (χ4n) is 1.89. The Labute approximate surface area is 93.2 Å². The average Bonchev–Trinajstić information content (AvgIpc) is 2.26. The monoisotopic (exact) mass is 212 g/mol. The van der Waals surface area contributed by atoms with Crippen LogP contribution in [0.1, 0.15) is 39.5 Å². The minimum Gasteiger partial charge on any atom is -0.344 e. The van der Waals surface area contributed by atoms with Gasteiger partial charge in [0.15, 0.2) is 0 Å².